The van der Waals surface area contributed by atoms with Crippen molar-refractivity contribution in [1.82, 2.24) is 5.43 Å². The number of rotatable bonds is 6. The molecule has 0 bridgehead atoms. The van der Waals surface area contributed by atoms with E-state index in [1.807, 2.05) is 31.2 Å². The number of methoxy groups -OCH3 is 1. The van der Waals surface area contributed by atoms with Crippen molar-refractivity contribution >= 4 is 35.6 Å². The Labute approximate surface area is 143 Å². The van der Waals surface area contributed by atoms with Gasteiger partial charge in [-0.1, -0.05) is 0 Å². The van der Waals surface area contributed by atoms with Crippen LogP contribution in [0.5, 0.6) is 5.75 Å². The van der Waals surface area contributed by atoms with E-state index in [1.54, 1.807) is 18.9 Å². The molecule has 1 N–H and O–H groups in total. The van der Waals surface area contributed by atoms with Crippen molar-refractivity contribution in [1.29, 1.82) is 0 Å². The van der Waals surface area contributed by atoms with Crippen LogP contribution in [0.15, 0.2) is 46.6 Å². The minimum absolute atomic E-state index is 0.203. The molecular weight excluding hydrogens is 305 g/mol. The third-order valence-corrected chi connectivity index (χ3v) is 4.73. The summed E-state index contributed by atoms with van der Waals surface area (Å²) in [5.74, 6) is 0.828. The zero-order valence-electron chi connectivity index (χ0n) is 13.8. The van der Waals surface area contributed by atoms with E-state index in [0.717, 1.165) is 46.2 Å². The first-order chi connectivity index (χ1) is 11.0. The molecule has 2 rings (SSSR count). The number of amidine groups is 1. The fourth-order valence-electron chi connectivity index (χ4n) is 2.05. The summed E-state index contributed by atoms with van der Waals surface area (Å²) < 4.78 is 5.15. The van der Waals surface area contributed by atoms with Crippen molar-refractivity contribution < 1.29 is 4.74 Å². The van der Waals surface area contributed by atoms with Gasteiger partial charge in [-0.3, -0.25) is 0 Å². The average molecular weight is 326 g/mol. The van der Waals surface area contributed by atoms with Gasteiger partial charge in [0.15, 0.2) is 0 Å². The van der Waals surface area contributed by atoms with Crippen LogP contribution in [0.25, 0.3) is 0 Å². The molecule has 1 aliphatic heterocycles. The Balaban J connectivity index is 1.95. The van der Waals surface area contributed by atoms with Gasteiger partial charge in [0.25, 0.3) is 0 Å². The van der Waals surface area contributed by atoms with Gasteiger partial charge in [0.05, 0.1) is 7.11 Å². The van der Waals surface area contributed by atoms with E-state index in [0.29, 0.717) is 0 Å². The topological polar surface area (TPSA) is 46.0 Å². The van der Waals surface area contributed by atoms with Gasteiger partial charge in [-0.05, 0) is 0 Å². The van der Waals surface area contributed by atoms with Gasteiger partial charge >= 0.3 is 131 Å². The number of aliphatic imine (C=N–C) groups is 1. The Morgan fingerprint density at radius 3 is 2.74 bits per heavy atom. The van der Waals surface area contributed by atoms with Crippen molar-refractivity contribution in [2.45, 2.75) is 31.9 Å². The van der Waals surface area contributed by atoms with Crippen LogP contribution in [0.4, 0.5) is 0 Å². The van der Waals surface area contributed by atoms with Crippen LogP contribution in [0.1, 0.15) is 32.3 Å². The number of hydrogen-bond donors (Lipinski definition) is 1. The van der Waals surface area contributed by atoms with Crippen molar-refractivity contribution in [3.05, 3.63) is 42.1 Å². The molecule has 1 atom stereocenters. The van der Waals surface area contributed by atoms with Crippen LogP contribution in [-0.2, 0) is 0 Å². The second-order valence-corrected chi connectivity index (χ2v) is 6.46. The molecule has 0 spiro atoms. The van der Waals surface area contributed by atoms with Crippen LogP contribution in [-0.4, -0.2) is 36.2 Å². The van der Waals surface area contributed by atoms with E-state index >= 15 is 0 Å². The van der Waals surface area contributed by atoms with Gasteiger partial charge < -0.3 is 4.74 Å². The molecule has 0 amide bonds. The summed E-state index contributed by atoms with van der Waals surface area (Å²) in [5, 5.41) is 5.36. The first kappa shape index (κ1) is 17.5. The van der Waals surface area contributed by atoms with Crippen molar-refractivity contribution in [3.8, 4) is 5.75 Å². The van der Waals surface area contributed by atoms with E-state index in [-0.39, 0.29) is 5.25 Å². The predicted octanol–water partition coefficient (Wildman–Crippen LogP) is 3.13. The molecular formula is C17H21BN3OS. The average Bonchev–Trinajstić information content (AvgIpc) is 2.92. The Bertz CT molecular complexity index is 652. The summed E-state index contributed by atoms with van der Waals surface area (Å²) in [5.41, 5.74) is 6.74. The van der Waals surface area contributed by atoms with E-state index in [9.17, 15) is 0 Å². The molecule has 1 aromatic rings. The normalized spacial score (nSPS) is 17.8. The zero-order chi connectivity index (χ0) is 16.8. The van der Waals surface area contributed by atoms with E-state index in [4.69, 9.17) is 12.2 Å². The van der Waals surface area contributed by atoms with Crippen molar-refractivity contribution in [2.75, 3.05) is 7.11 Å². The van der Waals surface area contributed by atoms with Crippen LogP contribution >= 0.6 is 11.8 Å². The summed E-state index contributed by atoms with van der Waals surface area (Å²) in [4.78, 5) is 4.43. The van der Waals surface area contributed by atoms with Crippen LogP contribution < -0.4 is 10.2 Å². The summed E-state index contributed by atoms with van der Waals surface area (Å²) in [6, 6.07) is 7.78. The molecule has 0 saturated heterocycles. The van der Waals surface area contributed by atoms with Gasteiger partial charge in [0.1, 0.15) is 0 Å². The second-order valence-electron chi connectivity index (χ2n) is 5.27. The molecule has 4 nitrogen and oxygen atoms in total. The molecule has 1 unspecified atom stereocenters. The Hall–Kier alpha value is -1.82. The Kier molecular flexibility index (Phi) is 6.22. The molecule has 0 fully saturated rings. The first-order valence-corrected chi connectivity index (χ1v) is 8.40. The molecule has 119 valence electrons. The quantitative estimate of drug-likeness (QED) is 0.496. The summed E-state index contributed by atoms with van der Waals surface area (Å²) in [6.45, 7) is 8.00. The standard InChI is InChI=1S/C17H21BN3OS/c1-5-14(18)10-16-12(3)19-17(23-16)21-20-11(2)13-6-8-15(22-4)9-7-13/h6-9,16H,3,5,10H2,1-2,4H3,(H,19,21)/b20-11+. The molecule has 0 aliphatic carbocycles. The molecule has 1 heterocycles. The van der Waals surface area contributed by atoms with Gasteiger partial charge in [0, 0.05) is 0 Å². The van der Waals surface area contributed by atoms with Crippen molar-refractivity contribution in [3.63, 3.8) is 0 Å². The van der Waals surface area contributed by atoms with Gasteiger partial charge in [-0.25, -0.2) is 0 Å². The maximum atomic E-state index is 5.94. The number of nitrogens with one attached hydrogen (secondary N) is 1. The molecule has 0 aromatic heterocycles. The molecule has 1 aliphatic rings. The molecule has 1 aromatic carbocycles. The van der Waals surface area contributed by atoms with E-state index < -0.39 is 0 Å². The number of ether oxygens (including phenoxy) is 1. The van der Waals surface area contributed by atoms with E-state index in [1.165, 1.54) is 0 Å². The third kappa shape index (κ3) is 4.83. The second kappa shape index (κ2) is 8.15. The number of nitrogens with zero attached hydrogens (tertiary/aromatic N) is 2. The minimum atomic E-state index is 0.203. The summed E-state index contributed by atoms with van der Waals surface area (Å²) in [6.07, 6.45) is 1.68. The number of thioether (sulfide) groups is 1. The van der Waals surface area contributed by atoms with Crippen LogP contribution in [0.3, 0.4) is 0 Å². The third-order valence-electron chi connectivity index (χ3n) is 3.60. The number of benzene rings is 1. The Morgan fingerprint density at radius 2 is 2.13 bits per heavy atom. The zero-order valence-corrected chi connectivity index (χ0v) is 14.6. The van der Waals surface area contributed by atoms with Crippen LogP contribution in [0, 0.1) is 0 Å². The fraction of sp³-hybridized carbons (Fsp3) is 0.353. The molecule has 0 saturated carbocycles. The fourth-order valence-corrected chi connectivity index (χ4v) is 3.08. The van der Waals surface area contributed by atoms with Crippen molar-refractivity contribution in [2.24, 2.45) is 10.1 Å². The summed E-state index contributed by atoms with van der Waals surface area (Å²) in [7, 11) is 7.59. The van der Waals surface area contributed by atoms with Gasteiger partial charge in [-0.15, -0.1) is 0 Å². The molecule has 1 radical (unpaired) electrons. The predicted molar refractivity (Wildman–Crippen MR) is 102 cm³/mol. The monoisotopic (exact) mass is 326 g/mol. The van der Waals surface area contributed by atoms with Crippen LogP contribution in [0.2, 0.25) is 0 Å². The first-order valence-electron chi connectivity index (χ1n) is 7.52. The Morgan fingerprint density at radius 1 is 1.43 bits per heavy atom. The summed E-state index contributed by atoms with van der Waals surface area (Å²) >= 11 is 1.62. The van der Waals surface area contributed by atoms with Gasteiger partial charge in [-0.2, -0.15) is 0 Å². The number of hydrogen-bond acceptors (Lipinski definition) is 5. The molecule has 23 heavy (non-hydrogen) atoms. The van der Waals surface area contributed by atoms with Gasteiger partial charge in [0.2, 0.25) is 0 Å². The maximum absolute atomic E-state index is 5.94. The van der Waals surface area contributed by atoms with E-state index in [2.05, 4.69) is 29.0 Å². The number of hydrazone groups is 1. The molecule has 6 heteroatoms. The SMILES string of the molecule is [B]=C(CC)CC1SC(N/N=C(\C)c2ccc(OC)cc2)=NC1=C.